The predicted molar refractivity (Wildman–Crippen MR) is 83.3 cm³/mol. The summed E-state index contributed by atoms with van der Waals surface area (Å²) in [6.45, 7) is 4.64. The summed E-state index contributed by atoms with van der Waals surface area (Å²) in [6.07, 6.45) is 3.34. The summed E-state index contributed by atoms with van der Waals surface area (Å²) in [5.41, 5.74) is 2.35. The van der Waals surface area contributed by atoms with Crippen LogP contribution in [0.5, 0.6) is 0 Å². The van der Waals surface area contributed by atoms with Gasteiger partial charge < -0.3 is 15.3 Å². The quantitative estimate of drug-likeness (QED) is 0.896. The molecule has 2 unspecified atom stereocenters. The van der Waals surface area contributed by atoms with Crippen molar-refractivity contribution < 1.29 is 5.11 Å². The maximum Gasteiger partial charge on any atom is 0.0741 e. The van der Waals surface area contributed by atoms with E-state index in [-0.39, 0.29) is 6.10 Å². The molecular weight excluding hydrogens is 272 g/mol. The Hall–Kier alpha value is -0.770. The smallest absolute Gasteiger partial charge is 0.0741 e. The van der Waals surface area contributed by atoms with Gasteiger partial charge in [-0.2, -0.15) is 0 Å². The largest absolute Gasteiger partial charge is 0.391 e. The second-order valence-electron chi connectivity index (χ2n) is 6.17. The third-order valence-corrected chi connectivity index (χ3v) is 4.85. The van der Waals surface area contributed by atoms with Crippen LogP contribution in [-0.4, -0.2) is 30.3 Å². The topological polar surface area (TPSA) is 35.5 Å². The lowest BCUT2D eigenvalue weighted by Crippen LogP contribution is -2.43. The number of rotatable bonds is 4. The first-order valence-corrected chi connectivity index (χ1v) is 7.96. The van der Waals surface area contributed by atoms with Gasteiger partial charge in [-0.1, -0.05) is 24.6 Å². The molecule has 3 rings (SSSR count). The number of nitrogens with one attached hydrogen (secondary N) is 1. The lowest BCUT2D eigenvalue weighted by molar-refractivity contribution is 0.103. The van der Waals surface area contributed by atoms with E-state index >= 15 is 0 Å². The van der Waals surface area contributed by atoms with Crippen molar-refractivity contribution in [3.8, 4) is 0 Å². The van der Waals surface area contributed by atoms with Crippen LogP contribution < -0.4 is 10.2 Å². The zero-order valence-corrected chi connectivity index (χ0v) is 12.7. The van der Waals surface area contributed by atoms with Crippen LogP contribution in [-0.2, 0) is 6.54 Å². The molecule has 2 aliphatic rings. The van der Waals surface area contributed by atoms with Crippen LogP contribution in [0.25, 0.3) is 0 Å². The van der Waals surface area contributed by atoms with E-state index in [4.69, 9.17) is 11.6 Å². The van der Waals surface area contributed by atoms with Gasteiger partial charge >= 0.3 is 0 Å². The number of aliphatic hydroxyl groups is 1. The van der Waals surface area contributed by atoms with E-state index in [2.05, 4.69) is 23.2 Å². The lowest BCUT2D eigenvalue weighted by atomic mass is 9.95. The number of hydrogen-bond donors (Lipinski definition) is 2. The summed E-state index contributed by atoms with van der Waals surface area (Å²) in [7, 11) is 0. The van der Waals surface area contributed by atoms with E-state index in [0.29, 0.717) is 18.5 Å². The maximum atomic E-state index is 10.1. The molecule has 1 aliphatic heterocycles. The summed E-state index contributed by atoms with van der Waals surface area (Å²) in [5.74, 6) is 0.387. The van der Waals surface area contributed by atoms with Crippen LogP contribution >= 0.6 is 11.6 Å². The van der Waals surface area contributed by atoms with Crippen LogP contribution in [0.4, 0.5) is 5.69 Å². The minimum atomic E-state index is -0.244. The predicted octanol–water partition coefficient (Wildman–Crippen LogP) is 2.80. The standard InChI is InChI=1S/C16H23ClN2O/c1-11-7-8-19(10-16(11)20)15-4-2-3-14(17)13(15)9-18-12-5-6-12/h2-4,11-12,16,18,20H,5-10H2,1H3. The van der Waals surface area contributed by atoms with Gasteiger partial charge in [-0.05, 0) is 37.3 Å². The Bertz CT molecular complexity index is 476. The van der Waals surface area contributed by atoms with Crippen LogP contribution in [0.3, 0.4) is 0 Å². The Morgan fingerprint density at radius 1 is 1.35 bits per heavy atom. The molecule has 20 heavy (non-hydrogen) atoms. The first-order chi connectivity index (χ1) is 9.65. The molecule has 1 aromatic carbocycles. The Labute approximate surface area is 125 Å². The van der Waals surface area contributed by atoms with Gasteiger partial charge in [0.15, 0.2) is 0 Å². The van der Waals surface area contributed by atoms with Gasteiger partial charge in [0.1, 0.15) is 0 Å². The first-order valence-electron chi connectivity index (χ1n) is 7.59. The number of aliphatic hydroxyl groups excluding tert-OH is 1. The van der Waals surface area contributed by atoms with Crippen LogP contribution in [0.1, 0.15) is 31.7 Å². The van der Waals surface area contributed by atoms with E-state index in [0.717, 1.165) is 24.5 Å². The molecule has 2 atom stereocenters. The van der Waals surface area contributed by atoms with Crippen molar-refractivity contribution >= 4 is 17.3 Å². The van der Waals surface area contributed by atoms with Crippen molar-refractivity contribution in [2.24, 2.45) is 5.92 Å². The minimum absolute atomic E-state index is 0.244. The van der Waals surface area contributed by atoms with E-state index in [1.165, 1.54) is 24.1 Å². The number of anilines is 1. The molecule has 2 N–H and O–H groups in total. The fourth-order valence-electron chi connectivity index (χ4n) is 2.82. The molecule has 1 aliphatic carbocycles. The molecule has 0 bridgehead atoms. The zero-order chi connectivity index (χ0) is 14.1. The fraction of sp³-hybridized carbons (Fsp3) is 0.625. The van der Waals surface area contributed by atoms with Crippen molar-refractivity contribution in [2.45, 2.75) is 44.9 Å². The molecule has 110 valence electrons. The molecule has 1 aromatic rings. The summed E-state index contributed by atoms with van der Waals surface area (Å²) in [6, 6.07) is 6.75. The average molecular weight is 295 g/mol. The monoisotopic (exact) mass is 294 g/mol. The maximum absolute atomic E-state index is 10.1. The highest BCUT2D eigenvalue weighted by molar-refractivity contribution is 6.31. The second-order valence-corrected chi connectivity index (χ2v) is 6.58. The lowest BCUT2D eigenvalue weighted by Gasteiger charge is -2.37. The normalized spacial score (nSPS) is 26.9. The average Bonchev–Trinajstić information content (AvgIpc) is 3.24. The molecule has 3 nitrogen and oxygen atoms in total. The van der Waals surface area contributed by atoms with Gasteiger partial charge in [0.25, 0.3) is 0 Å². The molecular formula is C16H23ClN2O. The highest BCUT2D eigenvalue weighted by atomic mass is 35.5. The van der Waals surface area contributed by atoms with E-state index in [1.54, 1.807) is 0 Å². The van der Waals surface area contributed by atoms with Crippen molar-refractivity contribution in [1.29, 1.82) is 0 Å². The summed E-state index contributed by atoms with van der Waals surface area (Å²) >= 11 is 6.39. The van der Waals surface area contributed by atoms with Gasteiger partial charge in [-0.15, -0.1) is 0 Å². The van der Waals surface area contributed by atoms with Gasteiger partial charge in [0, 0.05) is 41.9 Å². The molecule has 1 saturated carbocycles. The van der Waals surface area contributed by atoms with E-state index in [9.17, 15) is 5.11 Å². The third-order valence-electron chi connectivity index (χ3n) is 4.50. The number of β-amino-alcohol motifs (C(OH)–C–C–N with tert-alkyl or cyclic N) is 1. The summed E-state index contributed by atoms with van der Waals surface area (Å²) in [4.78, 5) is 2.28. The van der Waals surface area contributed by atoms with Gasteiger partial charge in [-0.25, -0.2) is 0 Å². The van der Waals surface area contributed by atoms with Crippen molar-refractivity contribution in [3.63, 3.8) is 0 Å². The van der Waals surface area contributed by atoms with Crippen LogP contribution in [0.15, 0.2) is 18.2 Å². The van der Waals surface area contributed by atoms with Crippen molar-refractivity contribution in [1.82, 2.24) is 5.32 Å². The SMILES string of the molecule is CC1CCN(c2cccc(Cl)c2CNC2CC2)CC1O. The van der Waals surface area contributed by atoms with E-state index in [1.807, 2.05) is 12.1 Å². The Kier molecular flexibility index (Phi) is 4.20. The summed E-state index contributed by atoms with van der Waals surface area (Å²) < 4.78 is 0. The third kappa shape index (κ3) is 3.11. The number of nitrogens with zero attached hydrogens (tertiary/aromatic N) is 1. The number of hydrogen-bond acceptors (Lipinski definition) is 3. The summed E-state index contributed by atoms with van der Waals surface area (Å²) in [5, 5.41) is 14.5. The first kappa shape index (κ1) is 14.2. The van der Waals surface area contributed by atoms with Gasteiger partial charge in [0.2, 0.25) is 0 Å². The molecule has 0 spiro atoms. The number of piperidine rings is 1. The number of halogens is 1. The zero-order valence-electron chi connectivity index (χ0n) is 12.0. The van der Waals surface area contributed by atoms with Crippen molar-refractivity contribution in [3.05, 3.63) is 28.8 Å². The van der Waals surface area contributed by atoms with Crippen molar-refractivity contribution in [2.75, 3.05) is 18.0 Å². The van der Waals surface area contributed by atoms with E-state index < -0.39 is 0 Å². The second kappa shape index (κ2) is 5.92. The minimum Gasteiger partial charge on any atom is -0.391 e. The highest BCUT2D eigenvalue weighted by Gasteiger charge is 2.27. The highest BCUT2D eigenvalue weighted by Crippen LogP contribution is 2.31. The van der Waals surface area contributed by atoms with Crippen LogP contribution in [0, 0.1) is 5.92 Å². The van der Waals surface area contributed by atoms with Gasteiger partial charge in [-0.3, -0.25) is 0 Å². The van der Waals surface area contributed by atoms with Crippen LogP contribution in [0.2, 0.25) is 5.02 Å². The Morgan fingerprint density at radius 2 is 2.15 bits per heavy atom. The molecule has 0 radical (unpaired) electrons. The molecule has 1 saturated heterocycles. The molecule has 0 amide bonds. The Balaban J connectivity index is 1.78. The molecule has 1 heterocycles. The molecule has 0 aromatic heterocycles. The fourth-order valence-corrected chi connectivity index (χ4v) is 3.06. The molecule has 4 heteroatoms. The molecule has 2 fully saturated rings. The number of benzene rings is 1. The van der Waals surface area contributed by atoms with Gasteiger partial charge in [0.05, 0.1) is 6.10 Å². The Morgan fingerprint density at radius 3 is 2.85 bits per heavy atom.